The van der Waals surface area contributed by atoms with E-state index in [1.165, 1.54) is 19.3 Å². The van der Waals surface area contributed by atoms with E-state index in [4.69, 9.17) is 4.74 Å². The molecular formula is C20H36N2O4. The molecule has 2 aliphatic rings. The maximum Gasteiger partial charge on any atom is 0.407 e. The van der Waals surface area contributed by atoms with Gasteiger partial charge < -0.3 is 15.2 Å². The minimum atomic E-state index is -0.764. The molecule has 2 rings (SSSR count). The van der Waals surface area contributed by atoms with E-state index in [0.29, 0.717) is 31.4 Å². The highest BCUT2D eigenvalue weighted by atomic mass is 16.5. The van der Waals surface area contributed by atoms with Gasteiger partial charge in [-0.2, -0.15) is 0 Å². The van der Waals surface area contributed by atoms with E-state index in [0.717, 1.165) is 19.4 Å². The van der Waals surface area contributed by atoms with E-state index in [1.54, 1.807) is 0 Å². The van der Waals surface area contributed by atoms with Crippen molar-refractivity contribution in [3.63, 3.8) is 0 Å². The Balaban J connectivity index is 2.05. The zero-order chi connectivity index (χ0) is 19.3. The fourth-order valence-corrected chi connectivity index (χ4v) is 4.35. The molecule has 0 aromatic heterocycles. The van der Waals surface area contributed by atoms with Crippen LogP contribution in [0.2, 0.25) is 0 Å². The Labute approximate surface area is 157 Å². The summed E-state index contributed by atoms with van der Waals surface area (Å²) in [5.74, 6) is -0.0708. The molecule has 0 spiro atoms. The molecule has 6 nitrogen and oxygen atoms in total. The lowest BCUT2D eigenvalue weighted by atomic mass is 9.83. The van der Waals surface area contributed by atoms with Gasteiger partial charge in [-0.3, -0.25) is 9.69 Å². The number of carbonyl (C=O) groups excluding carboxylic acids is 1. The van der Waals surface area contributed by atoms with Crippen LogP contribution in [0.4, 0.5) is 4.79 Å². The smallest absolute Gasteiger partial charge is 0.407 e. The molecule has 6 heteroatoms. The maximum absolute atomic E-state index is 12.2. The van der Waals surface area contributed by atoms with Crippen LogP contribution >= 0.6 is 0 Å². The Morgan fingerprint density at radius 3 is 2.46 bits per heavy atom. The molecule has 2 atom stereocenters. The van der Waals surface area contributed by atoms with Gasteiger partial charge in [-0.25, -0.2) is 4.79 Å². The third-order valence-corrected chi connectivity index (χ3v) is 5.60. The van der Waals surface area contributed by atoms with Gasteiger partial charge in [-0.05, 0) is 36.5 Å². The van der Waals surface area contributed by atoms with Gasteiger partial charge in [0.2, 0.25) is 0 Å². The minimum Gasteiger partial charge on any atom is -0.480 e. The van der Waals surface area contributed by atoms with Crippen molar-refractivity contribution in [2.24, 2.45) is 17.3 Å². The highest BCUT2D eigenvalue weighted by Crippen LogP contribution is 2.35. The molecule has 1 amide bonds. The van der Waals surface area contributed by atoms with Crippen molar-refractivity contribution in [1.29, 1.82) is 0 Å². The average molecular weight is 369 g/mol. The summed E-state index contributed by atoms with van der Waals surface area (Å²) >= 11 is 0. The molecule has 1 saturated carbocycles. The molecule has 1 heterocycles. The van der Waals surface area contributed by atoms with Crippen molar-refractivity contribution >= 4 is 12.1 Å². The Hall–Kier alpha value is -1.30. The fourth-order valence-electron chi connectivity index (χ4n) is 4.35. The maximum atomic E-state index is 12.2. The SMILES string of the molecule is CC(C)COC(=O)N[C@H](CN1CC(C)(C)C[C@H]1C(=O)O)C1CCCCC1. The predicted octanol–water partition coefficient (Wildman–Crippen LogP) is 3.50. The molecular weight excluding hydrogens is 332 g/mol. The van der Waals surface area contributed by atoms with Crippen LogP contribution in [0.5, 0.6) is 0 Å². The number of hydrogen-bond donors (Lipinski definition) is 2. The second kappa shape index (κ2) is 9.07. The molecule has 2 fully saturated rings. The van der Waals surface area contributed by atoms with Crippen LogP contribution in [0, 0.1) is 17.3 Å². The van der Waals surface area contributed by atoms with Crippen molar-refractivity contribution in [2.75, 3.05) is 19.7 Å². The number of aliphatic carboxylic acids is 1. The number of carbonyl (C=O) groups is 2. The number of ether oxygens (including phenoxy) is 1. The third kappa shape index (κ3) is 6.15. The number of nitrogens with one attached hydrogen (secondary N) is 1. The third-order valence-electron chi connectivity index (χ3n) is 5.60. The second-order valence-corrected chi connectivity index (χ2v) is 9.29. The van der Waals surface area contributed by atoms with E-state index in [9.17, 15) is 14.7 Å². The van der Waals surface area contributed by atoms with E-state index < -0.39 is 12.0 Å². The normalized spacial score (nSPS) is 25.2. The first-order valence-electron chi connectivity index (χ1n) is 10.1. The molecule has 1 aliphatic heterocycles. The topological polar surface area (TPSA) is 78.9 Å². The summed E-state index contributed by atoms with van der Waals surface area (Å²) in [7, 11) is 0. The number of rotatable bonds is 7. The predicted molar refractivity (Wildman–Crippen MR) is 101 cm³/mol. The van der Waals surface area contributed by atoms with Gasteiger partial charge in [-0.15, -0.1) is 0 Å². The summed E-state index contributed by atoms with van der Waals surface area (Å²) in [6, 6.07) is -0.518. The van der Waals surface area contributed by atoms with Crippen molar-refractivity contribution in [2.45, 2.75) is 78.3 Å². The number of alkyl carbamates (subject to hydrolysis) is 1. The Kier molecular flexibility index (Phi) is 7.33. The van der Waals surface area contributed by atoms with E-state index in [1.807, 2.05) is 18.7 Å². The summed E-state index contributed by atoms with van der Waals surface area (Å²) < 4.78 is 5.32. The van der Waals surface area contributed by atoms with Gasteiger partial charge in [0, 0.05) is 19.1 Å². The number of likely N-dealkylation sites (tertiary alicyclic amines) is 1. The van der Waals surface area contributed by atoms with Gasteiger partial charge in [0.05, 0.1) is 6.61 Å². The van der Waals surface area contributed by atoms with Gasteiger partial charge in [0.15, 0.2) is 0 Å². The highest BCUT2D eigenvalue weighted by molar-refractivity contribution is 5.74. The molecule has 0 radical (unpaired) electrons. The number of carboxylic acids is 1. The zero-order valence-electron chi connectivity index (χ0n) is 16.8. The number of carboxylic acid groups (broad SMARTS) is 1. The van der Waals surface area contributed by atoms with Crippen molar-refractivity contribution in [3.8, 4) is 0 Å². The summed E-state index contributed by atoms with van der Waals surface area (Å²) in [5, 5.41) is 12.7. The van der Waals surface area contributed by atoms with Crippen LogP contribution in [-0.4, -0.2) is 53.8 Å². The molecule has 150 valence electrons. The molecule has 1 saturated heterocycles. The lowest BCUT2D eigenvalue weighted by Gasteiger charge is -2.35. The van der Waals surface area contributed by atoms with Gasteiger partial charge in [0.25, 0.3) is 0 Å². The zero-order valence-corrected chi connectivity index (χ0v) is 16.8. The van der Waals surface area contributed by atoms with Crippen LogP contribution in [0.3, 0.4) is 0 Å². The fraction of sp³-hybridized carbons (Fsp3) is 0.900. The quantitative estimate of drug-likeness (QED) is 0.719. The first-order chi connectivity index (χ1) is 12.2. The van der Waals surface area contributed by atoms with Crippen LogP contribution < -0.4 is 5.32 Å². The summed E-state index contributed by atoms with van der Waals surface area (Å²) in [5.41, 5.74) is -0.0156. The largest absolute Gasteiger partial charge is 0.480 e. The highest BCUT2D eigenvalue weighted by Gasteiger charge is 2.43. The number of nitrogens with zero attached hydrogens (tertiary/aromatic N) is 1. The van der Waals surface area contributed by atoms with Crippen molar-refractivity contribution in [3.05, 3.63) is 0 Å². The summed E-state index contributed by atoms with van der Waals surface area (Å²) in [6.07, 6.45) is 6.05. The molecule has 0 aromatic rings. The van der Waals surface area contributed by atoms with E-state index >= 15 is 0 Å². The Morgan fingerprint density at radius 1 is 1.23 bits per heavy atom. The lowest BCUT2D eigenvalue weighted by molar-refractivity contribution is -0.142. The Morgan fingerprint density at radius 2 is 1.88 bits per heavy atom. The van der Waals surface area contributed by atoms with Crippen molar-refractivity contribution in [1.82, 2.24) is 10.2 Å². The molecule has 0 unspecified atom stereocenters. The summed E-state index contributed by atoms with van der Waals surface area (Å²) in [4.78, 5) is 26.0. The van der Waals surface area contributed by atoms with E-state index in [2.05, 4.69) is 19.2 Å². The van der Waals surface area contributed by atoms with Crippen LogP contribution in [0.25, 0.3) is 0 Å². The van der Waals surface area contributed by atoms with Gasteiger partial charge in [0.1, 0.15) is 6.04 Å². The van der Waals surface area contributed by atoms with Gasteiger partial charge >= 0.3 is 12.1 Å². The first-order valence-corrected chi connectivity index (χ1v) is 10.1. The molecule has 1 aliphatic carbocycles. The number of amides is 1. The standard InChI is InChI=1S/C20H36N2O4/c1-14(2)12-26-19(25)21-16(15-8-6-5-7-9-15)11-22-13-20(3,4)10-17(22)18(23)24/h14-17H,5-13H2,1-4H3,(H,21,25)(H,23,24)/t16-,17+/m1/s1. The molecule has 0 bridgehead atoms. The second-order valence-electron chi connectivity index (χ2n) is 9.29. The Bertz CT molecular complexity index is 486. The summed E-state index contributed by atoms with van der Waals surface area (Å²) in [6.45, 7) is 9.98. The average Bonchev–Trinajstić information content (AvgIpc) is 2.88. The molecule has 0 aromatic carbocycles. The van der Waals surface area contributed by atoms with Crippen LogP contribution in [-0.2, 0) is 9.53 Å². The monoisotopic (exact) mass is 368 g/mol. The first kappa shape index (κ1) is 21.0. The minimum absolute atomic E-state index is 0.0156. The van der Waals surface area contributed by atoms with E-state index in [-0.39, 0.29) is 17.6 Å². The lowest BCUT2D eigenvalue weighted by Crippen LogP contribution is -2.51. The van der Waals surface area contributed by atoms with Gasteiger partial charge in [-0.1, -0.05) is 47.0 Å². The van der Waals surface area contributed by atoms with Crippen LogP contribution in [0.15, 0.2) is 0 Å². The molecule has 2 N–H and O–H groups in total. The number of hydrogen-bond acceptors (Lipinski definition) is 4. The molecule has 26 heavy (non-hydrogen) atoms. The van der Waals surface area contributed by atoms with Crippen molar-refractivity contribution < 1.29 is 19.4 Å². The van der Waals surface area contributed by atoms with Crippen LogP contribution in [0.1, 0.15) is 66.2 Å².